The molecule has 2 amide bonds. The topological polar surface area (TPSA) is 63.2 Å². The van der Waals surface area contributed by atoms with E-state index in [0.717, 1.165) is 15.8 Å². The van der Waals surface area contributed by atoms with Crippen molar-refractivity contribution in [2.45, 2.75) is 26.8 Å². The van der Waals surface area contributed by atoms with Gasteiger partial charge < -0.3 is 10.1 Å². The summed E-state index contributed by atoms with van der Waals surface area (Å²) in [6.07, 6.45) is 0. The van der Waals surface area contributed by atoms with Crippen molar-refractivity contribution < 1.29 is 9.53 Å². The van der Waals surface area contributed by atoms with Crippen molar-refractivity contribution in [1.29, 1.82) is 0 Å². The Hall–Kier alpha value is -1.82. The van der Waals surface area contributed by atoms with Crippen LogP contribution >= 0.6 is 11.3 Å². The summed E-state index contributed by atoms with van der Waals surface area (Å²) >= 11 is 1.45. The van der Waals surface area contributed by atoms with Gasteiger partial charge in [0.2, 0.25) is 0 Å². The van der Waals surface area contributed by atoms with Crippen LogP contribution in [0.2, 0.25) is 0 Å². The summed E-state index contributed by atoms with van der Waals surface area (Å²) in [4.78, 5) is 16.1. The molecule has 0 aliphatic heterocycles. The van der Waals surface area contributed by atoms with Gasteiger partial charge in [0, 0.05) is 6.04 Å². The average Bonchev–Trinajstić information content (AvgIpc) is 2.72. The molecule has 0 atom stereocenters. The second-order valence-electron chi connectivity index (χ2n) is 4.53. The van der Waals surface area contributed by atoms with E-state index in [9.17, 15) is 4.79 Å². The number of methoxy groups -OCH3 is 1. The van der Waals surface area contributed by atoms with Gasteiger partial charge in [0.15, 0.2) is 5.13 Å². The molecule has 0 radical (unpaired) electrons. The molecular formula is C13H17N3O2S. The standard InChI is InChI=1S/C13H17N3O2S/c1-7(2)14-12(17)16-13-15-10-9(18-4)6-5-8(3)11(10)19-13/h5-7H,1-4H3,(H2,14,15,16,17). The van der Waals surface area contributed by atoms with Crippen LogP contribution in [0.15, 0.2) is 12.1 Å². The second-order valence-corrected chi connectivity index (χ2v) is 5.53. The Morgan fingerprint density at radius 2 is 2.16 bits per heavy atom. The lowest BCUT2D eigenvalue weighted by Gasteiger charge is -2.07. The predicted octanol–water partition coefficient (Wildman–Crippen LogP) is 3.14. The Kier molecular flexibility index (Phi) is 3.90. The Bertz CT molecular complexity index is 607. The second kappa shape index (κ2) is 5.44. The summed E-state index contributed by atoms with van der Waals surface area (Å²) in [5, 5.41) is 6.08. The minimum atomic E-state index is -0.245. The van der Waals surface area contributed by atoms with Crippen LogP contribution in [-0.2, 0) is 0 Å². The van der Waals surface area contributed by atoms with Gasteiger partial charge in [0.25, 0.3) is 0 Å². The molecule has 0 aliphatic carbocycles. The molecule has 1 heterocycles. The number of benzene rings is 1. The Morgan fingerprint density at radius 1 is 1.42 bits per heavy atom. The van der Waals surface area contributed by atoms with Gasteiger partial charge in [-0.2, -0.15) is 0 Å². The van der Waals surface area contributed by atoms with E-state index in [1.165, 1.54) is 11.3 Å². The van der Waals surface area contributed by atoms with E-state index in [2.05, 4.69) is 15.6 Å². The molecule has 19 heavy (non-hydrogen) atoms. The zero-order chi connectivity index (χ0) is 14.0. The van der Waals surface area contributed by atoms with E-state index in [0.29, 0.717) is 10.9 Å². The smallest absolute Gasteiger partial charge is 0.321 e. The highest BCUT2D eigenvalue weighted by molar-refractivity contribution is 7.22. The van der Waals surface area contributed by atoms with Crippen LogP contribution in [0.3, 0.4) is 0 Å². The number of fused-ring (bicyclic) bond motifs is 1. The first-order chi connectivity index (χ1) is 9.01. The lowest BCUT2D eigenvalue weighted by molar-refractivity contribution is 0.250. The quantitative estimate of drug-likeness (QED) is 0.907. The molecule has 2 aromatic rings. The van der Waals surface area contributed by atoms with Gasteiger partial charge in [-0.15, -0.1) is 0 Å². The minimum absolute atomic E-state index is 0.0886. The number of amides is 2. The van der Waals surface area contributed by atoms with Crippen LogP contribution in [0.1, 0.15) is 19.4 Å². The van der Waals surface area contributed by atoms with Crippen molar-refractivity contribution in [3.8, 4) is 5.75 Å². The van der Waals surface area contributed by atoms with Crippen molar-refractivity contribution in [1.82, 2.24) is 10.3 Å². The van der Waals surface area contributed by atoms with E-state index < -0.39 is 0 Å². The molecule has 2 rings (SSSR count). The van der Waals surface area contributed by atoms with Crippen LogP contribution in [-0.4, -0.2) is 24.2 Å². The van der Waals surface area contributed by atoms with Gasteiger partial charge in [-0.25, -0.2) is 9.78 Å². The third-order valence-corrected chi connectivity index (χ3v) is 3.67. The molecule has 0 fully saturated rings. The third-order valence-electron chi connectivity index (χ3n) is 2.56. The van der Waals surface area contributed by atoms with Crippen molar-refractivity contribution in [3.63, 3.8) is 0 Å². The molecule has 0 bridgehead atoms. The molecule has 1 aromatic carbocycles. The molecular weight excluding hydrogens is 262 g/mol. The number of hydrogen-bond donors (Lipinski definition) is 2. The average molecular weight is 279 g/mol. The first kappa shape index (κ1) is 13.6. The maximum absolute atomic E-state index is 11.7. The fourth-order valence-corrected chi connectivity index (χ4v) is 2.67. The van der Waals surface area contributed by atoms with Crippen molar-refractivity contribution in [2.75, 3.05) is 12.4 Å². The normalized spacial score (nSPS) is 10.8. The number of nitrogens with one attached hydrogen (secondary N) is 2. The Labute approximate surface area is 116 Å². The highest BCUT2D eigenvalue weighted by Crippen LogP contribution is 2.34. The van der Waals surface area contributed by atoms with Crippen molar-refractivity contribution >= 4 is 32.7 Å². The molecule has 0 aliphatic rings. The SMILES string of the molecule is COc1ccc(C)c2sc(NC(=O)NC(C)C)nc12. The molecule has 6 heteroatoms. The van der Waals surface area contributed by atoms with E-state index in [1.54, 1.807) is 7.11 Å². The van der Waals surface area contributed by atoms with E-state index in [4.69, 9.17) is 4.74 Å². The number of urea groups is 1. The molecule has 2 N–H and O–H groups in total. The fraction of sp³-hybridized carbons (Fsp3) is 0.385. The number of aryl methyl sites for hydroxylation is 1. The van der Waals surface area contributed by atoms with Gasteiger partial charge in [-0.1, -0.05) is 17.4 Å². The maximum Gasteiger partial charge on any atom is 0.321 e. The van der Waals surface area contributed by atoms with Crippen molar-refractivity contribution in [2.24, 2.45) is 0 Å². The Balaban J connectivity index is 2.31. The molecule has 1 aromatic heterocycles. The summed E-state index contributed by atoms with van der Waals surface area (Å²) in [7, 11) is 1.61. The number of hydrogen-bond acceptors (Lipinski definition) is 4. The number of anilines is 1. The monoisotopic (exact) mass is 279 g/mol. The molecule has 102 valence electrons. The summed E-state index contributed by atoms with van der Waals surface area (Å²) in [5.74, 6) is 0.717. The van der Waals surface area contributed by atoms with E-state index in [1.807, 2.05) is 32.9 Å². The number of carbonyl (C=O) groups is 1. The van der Waals surface area contributed by atoms with Gasteiger partial charge in [0.05, 0.1) is 11.8 Å². The zero-order valence-corrected chi connectivity index (χ0v) is 12.2. The Morgan fingerprint density at radius 3 is 2.79 bits per heavy atom. The number of carbonyl (C=O) groups excluding carboxylic acids is 1. The number of nitrogens with zero attached hydrogens (tertiary/aromatic N) is 1. The van der Waals surface area contributed by atoms with Gasteiger partial charge in [-0.05, 0) is 32.4 Å². The highest BCUT2D eigenvalue weighted by Gasteiger charge is 2.13. The van der Waals surface area contributed by atoms with E-state index >= 15 is 0 Å². The number of ether oxygens (including phenoxy) is 1. The van der Waals surface area contributed by atoms with Crippen LogP contribution < -0.4 is 15.4 Å². The first-order valence-corrected chi connectivity index (χ1v) is 6.84. The van der Waals surface area contributed by atoms with Gasteiger partial charge >= 0.3 is 6.03 Å². The largest absolute Gasteiger partial charge is 0.494 e. The first-order valence-electron chi connectivity index (χ1n) is 6.03. The molecule has 0 saturated heterocycles. The molecule has 0 saturated carbocycles. The summed E-state index contributed by atoms with van der Waals surface area (Å²) in [5.41, 5.74) is 1.90. The summed E-state index contributed by atoms with van der Waals surface area (Å²) < 4.78 is 6.31. The lowest BCUT2D eigenvalue weighted by atomic mass is 10.2. The minimum Gasteiger partial charge on any atom is -0.494 e. The van der Waals surface area contributed by atoms with Crippen LogP contribution in [0.25, 0.3) is 10.2 Å². The number of rotatable bonds is 3. The van der Waals surface area contributed by atoms with Crippen LogP contribution in [0.5, 0.6) is 5.75 Å². The lowest BCUT2D eigenvalue weighted by Crippen LogP contribution is -2.34. The van der Waals surface area contributed by atoms with Crippen molar-refractivity contribution in [3.05, 3.63) is 17.7 Å². The maximum atomic E-state index is 11.7. The molecule has 0 spiro atoms. The van der Waals surface area contributed by atoms with Crippen LogP contribution in [0.4, 0.5) is 9.93 Å². The zero-order valence-electron chi connectivity index (χ0n) is 11.4. The number of thiazole rings is 1. The number of aromatic nitrogens is 1. The summed E-state index contributed by atoms with van der Waals surface area (Å²) in [6, 6.07) is 3.71. The van der Waals surface area contributed by atoms with Gasteiger partial charge in [-0.3, -0.25) is 5.32 Å². The van der Waals surface area contributed by atoms with Crippen LogP contribution in [0, 0.1) is 6.92 Å². The third kappa shape index (κ3) is 2.96. The van der Waals surface area contributed by atoms with E-state index in [-0.39, 0.29) is 12.1 Å². The predicted molar refractivity (Wildman–Crippen MR) is 78.2 cm³/mol. The summed E-state index contributed by atoms with van der Waals surface area (Å²) in [6.45, 7) is 5.83. The van der Waals surface area contributed by atoms with Gasteiger partial charge in [0.1, 0.15) is 11.3 Å². The molecule has 5 nitrogen and oxygen atoms in total. The molecule has 0 unspecified atom stereocenters. The highest BCUT2D eigenvalue weighted by atomic mass is 32.1. The fourth-order valence-electron chi connectivity index (χ4n) is 1.72.